The van der Waals surface area contributed by atoms with Gasteiger partial charge in [0.05, 0.1) is 6.61 Å². The summed E-state index contributed by atoms with van der Waals surface area (Å²) in [5.74, 6) is 0.538. The first-order valence-electron chi connectivity index (χ1n) is 7.50. The van der Waals surface area contributed by atoms with E-state index in [9.17, 15) is 9.59 Å². The Balaban J connectivity index is 2.64. The van der Waals surface area contributed by atoms with Crippen LogP contribution in [0.15, 0.2) is 0 Å². The van der Waals surface area contributed by atoms with Crippen molar-refractivity contribution in [3.05, 3.63) is 0 Å². The summed E-state index contributed by atoms with van der Waals surface area (Å²) in [6, 6.07) is -0.494. The number of hydrogen-bond acceptors (Lipinski definition) is 3. The van der Waals surface area contributed by atoms with Gasteiger partial charge in [-0.3, -0.25) is 9.59 Å². The summed E-state index contributed by atoms with van der Waals surface area (Å²) < 4.78 is 5.56. The molecule has 0 spiro atoms. The van der Waals surface area contributed by atoms with Gasteiger partial charge in [0.2, 0.25) is 11.8 Å². The topological polar surface area (TPSA) is 58.6 Å². The molecular weight excluding hydrogens is 256 g/mol. The molecule has 1 aliphatic heterocycles. The lowest BCUT2D eigenvalue weighted by Gasteiger charge is -2.30. The summed E-state index contributed by atoms with van der Waals surface area (Å²) in [5, 5.41) is 2.83. The van der Waals surface area contributed by atoms with Crippen LogP contribution in [0.4, 0.5) is 0 Å². The average Bonchev–Trinajstić information content (AvgIpc) is 2.43. The molecule has 5 heteroatoms. The van der Waals surface area contributed by atoms with Gasteiger partial charge in [0.15, 0.2) is 0 Å². The Morgan fingerprint density at radius 3 is 2.50 bits per heavy atom. The molecule has 0 saturated carbocycles. The van der Waals surface area contributed by atoms with Crippen LogP contribution in [-0.4, -0.2) is 48.6 Å². The Bertz CT molecular complexity index is 342. The lowest BCUT2D eigenvalue weighted by molar-refractivity contribution is -0.136. The number of nitrogens with one attached hydrogen (secondary N) is 1. The first-order chi connectivity index (χ1) is 9.32. The quantitative estimate of drug-likeness (QED) is 0.751. The lowest BCUT2D eigenvalue weighted by Crippen LogP contribution is -2.49. The molecule has 116 valence electrons. The Labute approximate surface area is 122 Å². The van der Waals surface area contributed by atoms with Crippen molar-refractivity contribution in [2.75, 3.05) is 19.8 Å². The summed E-state index contributed by atoms with van der Waals surface area (Å²) >= 11 is 0. The van der Waals surface area contributed by atoms with E-state index in [1.165, 1.54) is 0 Å². The lowest BCUT2D eigenvalue weighted by atomic mass is 10.0. The summed E-state index contributed by atoms with van der Waals surface area (Å²) in [7, 11) is 0. The third-order valence-electron chi connectivity index (χ3n) is 3.47. The van der Waals surface area contributed by atoms with E-state index in [1.54, 1.807) is 4.90 Å². The molecule has 0 aliphatic carbocycles. The van der Waals surface area contributed by atoms with Crippen molar-refractivity contribution in [2.45, 2.75) is 53.1 Å². The van der Waals surface area contributed by atoms with Crippen LogP contribution < -0.4 is 5.32 Å². The van der Waals surface area contributed by atoms with Crippen LogP contribution in [0.5, 0.6) is 0 Å². The molecule has 0 aromatic heterocycles. The molecule has 1 N–H and O–H groups in total. The molecule has 1 heterocycles. The van der Waals surface area contributed by atoms with Gasteiger partial charge in [-0.2, -0.15) is 0 Å². The van der Waals surface area contributed by atoms with Crippen molar-refractivity contribution in [1.82, 2.24) is 10.2 Å². The standard InChI is InChI=1S/C15H28N2O3/c1-10(2)9-20-7-6-17-12(5)8-13(18)16-14(11(3)4)15(17)19/h10-12,14H,6-9H2,1-5H3,(H,16,18). The number of carbonyl (C=O) groups excluding carboxylic acids is 2. The highest BCUT2D eigenvalue weighted by atomic mass is 16.5. The Morgan fingerprint density at radius 2 is 1.95 bits per heavy atom. The zero-order valence-corrected chi connectivity index (χ0v) is 13.3. The highest BCUT2D eigenvalue weighted by molar-refractivity contribution is 5.90. The van der Waals surface area contributed by atoms with Gasteiger partial charge in [0.1, 0.15) is 6.04 Å². The second kappa shape index (κ2) is 7.62. The fourth-order valence-corrected chi connectivity index (χ4v) is 2.33. The predicted octanol–water partition coefficient (Wildman–Crippen LogP) is 1.42. The van der Waals surface area contributed by atoms with E-state index in [4.69, 9.17) is 4.74 Å². The Kier molecular flexibility index (Phi) is 6.46. The molecule has 0 aromatic rings. The zero-order valence-electron chi connectivity index (χ0n) is 13.3. The summed E-state index contributed by atoms with van der Waals surface area (Å²) in [4.78, 5) is 26.1. The maximum absolute atomic E-state index is 12.5. The van der Waals surface area contributed by atoms with Gasteiger partial charge in [-0.25, -0.2) is 0 Å². The molecule has 2 unspecified atom stereocenters. The number of rotatable bonds is 6. The highest BCUT2D eigenvalue weighted by Gasteiger charge is 2.35. The van der Waals surface area contributed by atoms with Crippen molar-refractivity contribution in [2.24, 2.45) is 11.8 Å². The highest BCUT2D eigenvalue weighted by Crippen LogP contribution is 2.15. The van der Waals surface area contributed by atoms with E-state index in [0.717, 1.165) is 0 Å². The second-order valence-corrected chi connectivity index (χ2v) is 6.34. The molecule has 1 saturated heterocycles. The molecule has 2 atom stereocenters. The molecular formula is C15H28N2O3. The second-order valence-electron chi connectivity index (χ2n) is 6.34. The molecule has 0 radical (unpaired) electrons. The average molecular weight is 284 g/mol. The molecule has 2 amide bonds. The first kappa shape index (κ1) is 17.0. The van der Waals surface area contributed by atoms with Crippen LogP contribution >= 0.6 is 0 Å². The van der Waals surface area contributed by atoms with Gasteiger partial charge < -0.3 is 15.0 Å². The van der Waals surface area contributed by atoms with E-state index in [1.807, 2.05) is 20.8 Å². The van der Waals surface area contributed by atoms with Crippen molar-refractivity contribution >= 4 is 11.8 Å². The van der Waals surface area contributed by atoms with E-state index in [2.05, 4.69) is 19.2 Å². The first-order valence-corrected chi connectivity index (χ1v) is 7.50. The maximum atomic E-state index is 12.5. The van der Waals surface area contributed by atoms with Crippen LogP contribution in [0.25, 0.3) is 0 Å². The number of amides is 2. The summed E-state index contributed by atoms with van der Waals surface area (Å²) in [5.41, 5.74) is 0. The van der Waals surface area contributed by atoms with E-state index in [0.29, 0.717) is 32.1 Å². The van der Waals surface area contributed by atoms with Gasteiger partial charge in [0.25, 0.3) is 0 Å². The van der Waals surface area contributed by atoms with Crippen molar-refractivity contribution < 1.29 is 14.3 Å². The van der Waals surface area contributed by atoms with Crippen LogP contribution in [-0.2, 0) is 14.3 Å². The molecule has 20 heavy (non-hydrogen) atoms. The van der Waals surface area contributed by atoms with Crippen LogP contribution in [0.2, 0.25) is 0 Å². The van der Waals surface area contributed by atoms with E-state index >= 15 is 0 Å². The smallest absolute Gasteiger partial charge is 0.245 e. The number of hydrogen-bond donors (Lipinski definition) is 1. The predicted molar refractivity (Wildman–Crippen MR) is 78.2 cm³/mol. The normalized spacial score (nSPS) is 24.2. The summed E-state index contributed by atoms with van der Waals surface area (Å²) in [6.07, 6.45) is 0.360. The minimum Gasteiger partial charge on any atom is -0.379 e. The fourth-order valence-electron chi connectivity index (χ4n) is 2.33. The van der Waals surface area contributed by atoms with E-state index in [-0.39, 0.29) is 23.8 Å². The monoisotopic (exact) mass is 284 g/mol. The van der Waals surface area contributed by atoms with Crippen molar-refractivity contribution in [1.29, 1.82) is 0 Å². The Morgan fingerprint density at radius 1 is 1.30 bits per heavy atom. The summed E-state index contributed by atoms with van der Waals surface area (Å²) in [6.45, 7) is 11.8. The van der Waals surface area contributed by atoms with Gasteiger partial charge >= 0.3 is 0 Å². The SMILES string of the molecule is CC(C)COCCN1C(=O)C(C(C)C)NC(=O)CC1C. The minimum atomic E-state index is -0.419. The molecule has 0 aromatic carbocycles. The van der Waals surface area contributed by atoms with Crippen LogP contribution in [0, 0.1) is 11.8 Å². The number of carbonyl (C=O) groups is 2. The van der Waals surface area contributed by atoms with E-state index < -0.39 is 6.04 Å². The molecule has 1 aliphatic rings. The zero-order chi connectivity index (χ0) is 15.3. The fraction of sp³-hybridized carbons (Fsp3) is 0.867. The number of ether oxygens (including phenoxy) is 1. The van der Waals surface area contributed by atoms with Crippen LogP contribution in [0.1, 0.15) is 41.0 Å². The van der Waals surface area contributed by atoms with Gasteiger partial charge in [-0.15, -0.1) is 0 Å². The van der Waals surface area contributed by atoms with Gasteiger partial charge in [-0.05, 0) is 18.8 Å². The Hall–Kier alpha value is -1.10. The molecule has 5 nitrogen and oxygen atoms in total. The molecule has 1 rings (SSSR count). The van der Waals surface area contributed by atoms with Crippen molar-refractivity contribution in [3.8, 4) is 0 Å². The van der Waals surface area contributed by atoms with Crippen molar-refractivity contribution in [3.63, 3.8) is 0 Å². The number of nitrogens with zero attached hydrogens (tertiary/aromatic N) is 1. The third-order valence-corrected chi connectivity index (χ3v) is 3.47. The maximum Gasteiger partial charge on any atom is 0.245 e. The molecule has 1 fully saturated rings. The van der Waals surface area contributed by atoms with Gasteiger partial charge in [-0.1, -0.05) is 27.7 Å². The van der Waals surface area contributed by atoms with Gasteiger partial charge in [0, 0.05) is 25.6 Å². The largest absolute Gasteiger partial charge is 0.379 e. The third kappa shape index (κ3) is 4.78. The molecule has 0 bridgehead atoms. The minimum absolute atomic E-state index is 0.00602. The van der Waals surface area contributed by atoms with Crippen LogP contribution in [0.3, 0.4) is 0 Å².